The summed E-state index contributed by atoms with van der Waals surface area (Å²) in [7, 11) is 0. The van der Waals surface area contributed by atoms with E-state index in [2.05, 4.69) is 278 Å². The first-order valence-corrected chi connectivity index (χ1v) is 25.2. The molecule has 0 fully saturated rings. The molecule has 0 saturated carbocycles. The van der Waals surface area contributed by atoms with Crippen LogP contribution >= 0.6 is 0 Å². The first kappa shape index (κ1) is 43.6. The van der Waals surface area contributed by atoms with Crippen LogP contribution in [0.2, 0.25) is 0 Å². The molecule has 0 amide bonds. The molecule has 344 valence electrons. The van der Waals surface area contributed by atoms with Crippen LogP contribution in [0.3, 0.4) is 0 Å². The van der Waals surface area contributed by atoms with E-state index in [9.17, 15) is 0 Å². The molecule has 1 aliphatic rings. The first-order chi connectivity index (χ1) is 36.2. The molecule has 2 heterocycles. The number of nitrogens with zero attached hydrogens (tertiary/aromatic N) is 3. The van der Waals surface area contributed by atoms with Crippen LogP contribution in [0.5, 0.6) is 0 Å². The highest BCUT2D eigenvalue weighted by atomic mass is 15.0. The van der Waals surface area contributed by atoms with Crippen LogP contribution in [0.25, 0.3) is 123 Å². The average molecular weight is 932 g/mol. The standard InChI is InChI=1S/C70H49N3/c1-7-19-48(20-8-1)52-31-35-54(36-32-52)61-45-60(70-71-65(56-27-15-5-16-28-56)47-66(72-70)57-29-17-6-18-30-57)46-62(55-37-33-53(34-38-55)49-21-9-2-10-22-49)69(61)73-67-41-39-58(50-23-11-3-12-24-50)43-63(67)64-44-59(40-42-68(64)73)51-25-13-4-14-26-51/h1,3-9,11-47H,2,10H2. The predicted molar refractivity (Wildman–Crippen MR) is 306 cm³/mol. The van der Waals surface area contributed by atoms with E-state index in [-0.39, 0.29) is 0 Å². The van der Waals surface area contributed by atoms with Gasteiger partial charge in [-0.25, -0.2) is 9.97 Å². The number of allylic oxidation sites excluding steroid dienone is 4. The fourth-order valence-electron chi connectivity index (χ4n) is 10.6. The van der Waals surface area contributed by atoms with Gasteiger partial charge in [-0.1, -0.05) is 231 Å². The summed E-state index contributed by atoms with van der Waals surface area (Å²) in [6, 6.07) is 92.0. The van der Waals surface area contributed by atoms with Crippen molar-refractivity contribution in [3.8, 4) is 95.2 Å². The molecular formula is C70H49N3. The van der Waals surface area contributed by atoms with E-state index >= 15 is 0 Å². The maximum absolute atomic E-state index is 5.43. The third kappa shape index (κ3) is 8.47. The van der Waals surface area contributed by atoms with Crippen LogP contribution in [-0.2, 0) is 0 Å². The second kappa shape index (κ2) is 19.0. The van der Waals surface area contributed by atoms with Crippen LogP contribution in [0, 0.1) is 0 Å². The van der Waals surface area contributed by atoms with Crippen LogP contribution in [-0.4, -0.2) is 14.5 Å². The zero-order valence-electron chi connectivity index (χ0n) is 40.2. The minimum absolute atomic E-state index is 0.659. The summed E-state index contributed by atoms with van der Waals surface area (Å²) in [5, 5.41) is 2.37. The van der Waals surface area contributed by atoms with Crippen molar-refractivity contribution in [2.45, 2.75) is 12.8 Å². The Morgan fingerprint density at radius 2 is 0.685 bits per heavy atom. The van der Waals surface area contributed by atoms with Crippen molar-refractivity contribution in [1.29, 1.82) is 0 Å². The molecule has 12 aromatic rings. The van der Waals surface area contributed by atoms with Gasteiger partial charge in [-0.15, -0.1) is 0 Å². The summed E-state index contributed by atoms with van der Waals surface area (Å²) in [4.78, 5) is 10.9. The topological polar surface area (TPSA) is 30.7 Å². The highest BCUT2D eigenvalue weighted by Crippen LogP contribution is 2.46. The Kier molecular flexibility index (Phi) is 11.4. The van der Waals surface area contributed by atoms with Gasteiger partial charge < -0.3 is 4.57 Å². The maximum Gasteiger partial charge on any atom is 0.160 e. The van der Waals surface area contributed by atoms with Crippen molar-refractivity contribution < 1.29 is 0 Å². The fourth-order valence-corrected chi connectivity index (χ4v) is 10.6. The Bertz CT molecular complexity index is 3850. The summed E-state index contributed by atoms with van der Waals surface area (Å²) >= 11 is 0. The van der Waals surface area contributed by atoms with E-state index in [1.54, 1.807) is 0 Å². The number of aromatic nitrogens is 3. The zero-order valence-corrected chi connectivity index (χ0v) is 40.2. The molecule has 0 spiro atoms. The molecule has 0 aliphatic heterocycles. The van der Waals surface area contributed by atoms with Crippen molar-refractivity contribution in [3.05, 3.63) is 279 Å². The van der Waals surface area contributed by atoms with Crippen LogP contribution in [0.1, 0.15) is 18.4 Å². The molecule has 2 aromatic heterocycles. The second-order valence-corrected chi connectivity index (χ2v) is 18.8. The van der Waals surface area contributed by atoms with E-state index < -0.39 is 0 Å². The van der Waals surface area contributed by atoms with Crippen LogP contribution < -0.4 is 0 Å². The van der Waals surface area contributed by atoms with E-state index in [1.807, 2.05) is 0 Å². The highest BCUT2D eigenvalue weighted by Gasteiger charge is 2.24. The molecule has 0 saturated heterocycles. The van der Waals surface area contributed by atoms with E-state index in [1.165, 1.54) is 49.7 Å². The molecule has 0 N–H and O–H groups in total. The maximum atomic E-state index is 5.43. The molecule has 73 heavy (non-hydrogen) atoms. The number of benzene rings is 10. The van der Waals surface area contributed by atoms with Gasteiger partial charge in [-0.3, -0.25) is 0 Å². The Hall–Kier alpha value is -9.44. The monoisotopic (exact) mass is 931 g/mol. The largest absolute Gasteiger partial charge is 0.308 e. The number of fused-ring (bicyclic) bond motifs is 3. The molecule has 3 nitrogen and oxygen atoms in total. The summed E-state index contributed by atoms with van der Waals surface area (Å²) in [5.74, 6) is 0.659. The lowest BCUT2D eigenvalue weighted by Gasteiger charge is -2.22. The minimum atomic E-state index is 0.659. The molecule has 3 heteroatoms. The average Bonchev–Trinajstić information content (AvgIpc) is 3.80. The SMILES string of the molecule is C1=CC(c2ccc(-c3cc(-c4nc(-c5ccccc5)cc(-c5ccccc5)n4)cc(-c4ccc(-c5ccccc5)cc4)c3-n3c4ccc(-c5ccccc5)cc4c4cc(-c5ccccc5)ccc43)cc2)=CCC1. The number of rotatable bonds is 10. The molecule has 0 atom stereocenters. The number of hydrogen-bond donors (Lipinski definition) is 0. The van der Waals surface area contributed by atoms with Crippen LogP contribution in [0.4, 0.5) is 0 Å². The van der Waals surface area contributed by atoms with Crippen molar-refractivity contribution in [3.63, 3.8) is 0 Å². The Morgan fingerprint density at radius 1 is 0.301 bits per heavy atom. The van der Waals surface area contributed by atoms with Gasteiger partial charge in [-0.2, -0.15) is 0 Å². The molecule has 0 bridgehead atoms. The Labute approximate surface area is 426 Å². The van der Waals surface area contributed by atoms with E-state index in [4.69, 9.17) is 9.97 Å². The van der Waals surface area contributed by atoms with E-state index in [0.717, 1.165) is 85.5 Å². The van der Waals surface area contributed by atoms with Crippen LogP contribution in [0.15, 0.2) is 273 Å². The summed E-state index contributed by atoms with van der Waals surface area (Å²) in [6.07, 6.45) is 9.01. The summed E-state index contributed by atoms with van der Waals surface area (Å²) in [5.41, 5.74) is 21.9. The van der Waals surface area contributed by atoms with Crippen molar-refractivity contribution >= 4 is 27.4 Å². The lowest BCUT2D eigenvalue weighted by atomic mass is 9.90. The molecular weight excluding hydrogens is 883 g/mol. The Morgan fingerprint density at radius 3 is 1.12 bits per heavy atom. The summed E-state index contributed by atoms with van der Waals surface area (Å²) < 4.78 is 2.52. The lowest BCUT2D eigenvalue weighted by Crippen LogP contribution is -2.03. The Balaban J connectivity index is 1.13. The second-order valence-electron chi connectivity index (χ2n) is 18.8. The van der Waals surface area contributed by atoms with Gasteiger partial charge in [0.05, 0.1) is 28.1 Å². The molecule has 1 aliphatic carbocycles. The van der Waals surface area contributed by atoms with Gasteiger partial charge in [0, 0.05) is 38.6 Å². The quantitative estimate of drug-likeness (QED) is 0.137. The minimum Gasteiger partial charge on any atom is -0.308 e. The van der Waals surface area contributed by atoms with Gasteiger partial charge in [0.2, 0.25) is 0 Å². The van der Waals surface area contributed by atoms with E-state index in [0.29, 0.717) is 5.82 Å². The molecule has 0 unspecified atom stereocenters. The van der Waals surface area contributed by atoms with Crippen molar-refractivity contribution in [1.82, 2.24) is 14.5 Å². The molecule has 0 radical (unpaired) electrons. The third-order valence-corrected chi connectivity index (χ3v) is 14.3. The molecule has 10 aromatic carbocycles. The summed E-state index contributed by atoms with van der Waals surface area (Å²) in [6.45, 7) is 0. The third-order valence-electron chi connectivity index (χ3n) is 14.3. The first-order valence-electron chi connectivity index (χ1n) is 25.2. The highest BCUT2D eigenvalue weighted by molar-refractivity contribution is 6.13. The number of hydrogen-bond acceptors (Lipinski definition) is 2. The smallest absolute Gasteiger partial charge is 0.160 e. The van der Waals surface area contributed by atoms with Gasteiger partial charge in [0.15, 0.2) is 5.82 Å². The van der Waals surface area contributed by atoms with Gasteiger partial charge in [-0.05, 0) is 111 Å². The van der Waals surface area contributed by atoms with Gasteiger partial charge in [0.1, 0.15) is 0 Å². The van der Waals surface area contributed by atoms with Crippen molar-refractivity contribution in [2.75, 3.05) is 0 Å². The zero-order chi connectivity index (χ0) is 48.5. The molecule has 13 rings (SSSR count). The normalized spacial score (nSPS) is 12.3. The fraction of sp³-hybridized carbons (Fsp3) is 0.0286. The lowest BCUT2D eigenvalue weighted by molar-refractivity contribution is 1.04. The van der Waals surface area contributed by atoms with Crippen molar-refractivity contribution in [2.24, 2.45) is 0 Å². The van der Waals surface area contributed by atoms with Gasteiger partial charge >= 0.3 is 0 Å². The predicted octanol–water partition coefficient (Wildman–Crippen LogP) is 18.6. The van der Waals surface area contributed by atoms with Gasteiger partial charge in [0.25, 0.3) is 0 Å².